The second kappa shape index (κ2) is 7.67. The highest BCUT2D eigenvalue weighted by Gasteiger charge is 2.01. The monoisotopic (exact) mass is 309 g/mol. The van der Waals surface area contributed by atoms with Crippen LogP contribution >= 0.6 is 22.9 Å². The van der Waals surface area contributed by atoms with Gasteiger partial charge in [-0.1, -0.05) is 37.6 Å². The Kier molecular flexibility index (Phi) is 5.89. The molecular formula is C16H20ClNOS. The van der Waals surface area contributed by atoms with Gasteiger partial charge in [0, 0.05) is 18.0 Å². The van der Waals surface area contributed by atoms with Crippen LogP contribution < -0.4 is 10.1 Å². The van der Waals surface area contributed by atoms with Crippen LogP contribution in [0.15, 0.2) is 36.4 Å². The Labute approximate surface area is 129 Å². The van der Waals surface area contributed by atoms with Gasteiger partial charge in [-0.15, -0.1) is 11.3 Å². The van der Waals surface area contributed by atoms with Gasteiger partial charge in [0.15, 0.2) is 0 Å². The molecule has 0 fully saturated rings. The molecule has 20 heavy (non-hydrogen) atoms. The van der Waals surface area contributed by atoms with Crippen LogP contribution in [0.25, 0.3) is 0 Å². The van der Waals surface area contributed by atoms with Gasteiger partial charge in [-0.2, -0.15) is 0 Å². The number of rotatable bonds is 7. The molecular weight excluding hydrogens is 290 g/mol. The average molecular weight is 310 g/mol. The van der Waals surface area contributed by atoms with Crippen molar-refractivity contribution in [2.24, 2.45) is 0 Å². The highest BCUT2D eigenvalue weighted by Crippen LogP contribution is 2.21. The molecule has 2 aromatic rings. The van der Waals surface area contributed by atoms with Crippen LogP contribution in [0.5, 0.6) is 5.75 Å². The van der Waals surface area contributed by atoms with Gasteiger partial charge in [0.05, 0.1) is 4.34 Å². The molecule has 1 N–H and O–H groups in total. The standard InChI is InChI=1S/C16H20ClNOS/c1-12(2)13-4-3-5-14(10-13)19-9-8-18-11-15-6-7-16(17)20-15/h3-7,10,12,18H,8-9,11H2,1-2H3. The van der Waals surface area contributed by atoms with Crippen molar-refractivity contribution in [3.63, 3.8) is 0 Å². The molecule has 0 saturated carbocycles. The number of nitrogens with one attached hydrogen (secondary N) is 1. The van der Waals surface area contributed by atoms with Gasteiger partial charge in [0.25, 0.3) is 0 Å². The number of thiophene rings is 1. The summed E-state index contributed by atoms with van der Waals surface area (Å²) >= 11 is 7.50. The van der Waals surface area contributed by atoms with E-state index in [9.17, 15) is 0 Å². The molecule has 0 aliphatic carbocycles. The average Bonchev–Trinajstić information content (AvgIpc) is 2.84. The van der Waals surface area contributed by atoms with E-state index >= 15 is 0 Å². The van der Waals surface area contributed by atoms with Gasteiger partial charge in [0.2, 0.25) is 0 Å². The van der Waals surface area contributed by atoms with E-state index in [1.54, 1.807) is 11.3 Å². The second-order valence-electron chi connectivity index (χ2n) is 4.96. The molecule has 2 nitrogen and oxygen atoms in total. The molecule has 0 bridgehead atoms. The SMILES string of the molecule is CC(C)c1cccc(OCCNCc2ccc(Cl)s2)c1. The number of halogens is 1. The zero-order valence-electron chi connectivity index (χ0n) is 11.9. The molecule has 0 radical (unpaired) electrons. The normalized spacial score (nSPS) is 11.0. The van der Waals surface area contributed by atoms with E-state index in [4.69, 9.17) is 16.3 Å². The first-order chi connectivity index (χ1) is 9.65. The van der Waals surface area contributed by atoms with E-state index in [2.05, 4.69) is 31.3 Å². The van der Waals surface area contributed by atoms with Crippen LogP contribution in [-0.2, 0) is 6.54 Å². The Bertz CT molecular complexity index is 539. The van der Waals surface area contributed by atoms with Crippen molar-refractivity contribution >= 4 is 22.9 Å². The summed E-state index contributed by atoms with van der Waals surface area (Å²) in [5, 5.41) is 3.35. The number of hydrogen-bond acceptors (Lipinski definition) is 3. The number of benzene rings is 1. The fourth-order valence-corrected chi connectivity index (χ4v) is 2.92. The first-order valence-electron chi connectivity index (χ1n) is 6.83. The van der Waals surface area contributed by atoms with Gasteiger partial charge in [-0.3, -0.25) is 0 Å². The van der Waals surface area contributed by atoms with Crippen LogP contribution in [0.1, 0.15) is 30.2 Å². The minimum Gasteiger partial charge on any atom is -0.492 e. The summed E-state index contributed by atoms with van der Waals surface area (Å²) in [5.41, 5.74) is 1.31. The molecule has 0 saturated heterocycles. The third kappa shape index (κ3) is 4.82. The van der Waals surface area contributed by atoms with E-state index in [1.807, 2.05) is 24.3 Å². The number of hydrogen-bond donors (Lipinski definition) is 1. The van der Waals surface area contributed by atoms with Gasteiger partial charge in [-0.05, 0) is 35.7 Å². The molecule has 0 aliphatic heterocycles. The molecule has 2 rings (SSSR count). The van der Waals surface area contributed by atoms with E-state index in [1.165, 1.54) is 10.4 Å². The van der Waals surface area contributed by atoms with Crippen LogP contribution in [-0.4, -0.2) is 13.2 Å². The third-order valence-corrected chi connectivity index (χ3v) is 4.23. The molecule has 0 aliphatic rings. The van der Waals surface area contributed by atoms with Crippen molar-refractivity contribution in [2.45, 2.75) is 26.3 Å². The van der Waals surface area contributed by atoms with E-state index < -0.39 is 0 Å². The largest absolute Gasteiger partial charge is 0.492 e. The summed E-state index contributed by atoms with van der Waals surface area (Å²) in [4.78, 5) is 1.25. The maximum Gasteiger partial charge on any atom is 0.119 e. The predicted molar refractivity (Wildman–Crippen MR) is 87.1 cm³/mol. The van der Waals surface area contributed by atoms with Gasteiger partial charge in [-0.25, -0.2) is 0 Å². The zero-order valence-corrected chi connectivity index (χ0v) is 13.4. The summed E-state index contributed by atoms with van der Waals surface area (Å²) in [5.74, 6) is 1.47. The van der Waals surface area contributed by atoms with E-state index in [0.29, 0.717) is 12.5 Å². The maximum atomic E-state index is 5.89. The summed E-state index contributed by atoms with van der Waals surface area (Å²) in [6.45, 7) is 6.70. The second-order valence-corrected chi connectivity index (χ2v) is 6.76. The molecule has 0 amide bonds. The van der Waals surface area contributed by atoms with Crippen LogP contribution in [0, 0.1) is 0 Å². The lowest BCUT2D eigenvalue weighted by Gasteiger charge is -2.10. The smallest absolute Gasteiger partial charge is 0.119 e. The highest BCUT2D eigenvalue weighted by atomic mass is 35.5. The summed E-state index contributed by atoms with van der Waals surface area (Å²) in [7, 11) is 0. The summed E-state index contributed by atoms with van der Waals surface area (Å²) in [6, 6.07) is 12.3. The van der Waals surface area contributed by atoms with E-state index in [0.717, 1.165) is 23.2 Å². The lowest BCUT2D eigenvalue weighted by Crippen LogP contribution is -2.20. The Balaban J connectivity index is 1.69. The molecule has 4 heteroatoms. The Morgan fingerprint density at radius 2 is 2.10 bits per heavy atom. The zero-order chi connectivity index (χ0) is 14.4. The molecule has 0 spiro atoms. The van der Waals surface area contributed by atoms with Crippen molar-refractivity contribution in [2.75, 3.05) is 13.2 Å². The minimum absolute atomic E-state index is 0.528. The Hall–Kier alpha value is -1.03. The fourth-order valence-electron chi connectivity index (χ4n) is 1.86. The van der Waals surface area contributed by atoms with Crippen LogP contribution in [0.4, 0.5) is 0 Å². The van der Waals surface area contributed by atoms with Crippen molar-refractivity contribution in [1.29, 1.82) is 0 Å². The van der Waals surface area contributed by atoms with Gasteiger partial charge < -0.3 is 10.1 Å². The van der Waals surface area contributed by atoms with Crippen molar-refractivity contribution in [3.05, 3.63) is 51.2 Å². The first kappa shape index (κ1) is 15.4. The fraction of sp³-hybridized carbons (Fsp3) is 0.375. The van der Waals surface area contributed by atoms with Crippen molar-refractivity contribution in [3.8, 4) is 5.75 Å². The van der Waals surface area contributed by atoms with Gasteiger partial charge >= 0.3 is 0 Å². The molecule has 0 unspecified atom stereocenters. The van der Waals surface area contributed by atoms with Gasteiger partial charge in [0.1, 0.15) is 12.4 Å². The minimum atomic E-state index is 0.528. The molecule has 0 atom stereocenters. The van der Waals surface area contributed by atoms with Crippen LogP contribution in [0.3, 0.4) is 0 Å². The first-order valence-corrected chi connectivity index (χ1v) is 8.02. The summed E-state index contributed by atoms with van der Waals surface area (Å²) in [6.07, 6.45) is 0. The topological polar surface area (TPSA) is 21.3 Å². The molecule has 1 heterocycles. The predicted octanol–water partition coefficient (Wildman–Crippen LogP) is 4.69. The Morgan fingerprint density at radius 1 is 1.25 bits per heavy atom. The number of ether oxygens (including phenoxy) is 1. The van der Waals surface area contributed by atoms with Crippen molar-refractivity contribution < 1.29 is 4.74 Å². The lowest BCUT2D eigenvalue weighted by molar-refractivity contribution is 0.313. The molecule has 1 aromatic heterocycles. The maximum absolute atomic E-state index is 5.89. The Morgan fingerprint density at radius 3 is 2.80 bits per heavy atom. The molecule has 108 valence electrons. The lowest BCUT2D eigenvalue weighted by atomic mass is 10.0. The van der Waals surface area contributed by atoms with Crippen molar-refractivity contribution in [1.82, 2.24) is 5.32 Å². The summed E-state index contributed by atoms with van der Waals surface area (Å²) < 4.78 is 6.59. The molecule has 1 aromatic carbocycles. The highest BCUT2D eigenvalue weighted by molar-refractivity contribution is 7.16. The third-order valence-electron chi connectivity index (χ3n) is 3.00. The van der Waals surface area contributed by atoms with Crippen LogP contribution in [0.2, 0.25) is 4.34 Å². The van der Waals surface area contributed by atoms with E-state index in [-0.39, 0.29) is 0 Å². The quantitative estimate of drug-likeness (QED) is 0.749.